The second kappa shape index (κ2) is 7.97. The molecular weight excluding hydrogens is 256 g/mol. The third-order valence-electron chi connectivity index (χ3n) is 5.86. The standard InChI is InChI=1S/C19H38N2/c1-14(2)10-11-21(18-7-8-18)13-17-12-16(15(3)4)6-9-19(17)20-5/h14-20H,6-13H2,1-5H3. The van der Waals surface area contributed by atoms with E-state index in [1.807, 2.05) is 0 Å². The van der Waals surface area contributed by atoms with E-state index >= 15 is 0 Å². The lowest BCUT2D eigenvalue weighted by Gasteiger charge is -2.40. The van der Waals surface area contributed by atoms with Crippen LogP contribution >= 0.6 is 0 Å². The zero-order chi connectivity index (χ0) is 15.4. The van der Waals surface area contributed by atoms with E-state index in [2.05, 4.69) is 45.0 Å². The molecule has 0 aliphatic heterocycles. The Morgan fingerprint density at radius 3 is 2.29 bits per heavy atom. The van der Waals surface area contributed by atoms with Gasteiger partial charge in [0.2, 0.25) is 0 Å². The Labute approximate surface area is 133 Å². The zero-order valence-electron chi connectivity index (χ0n) is 15.1. The topological polar surface area (TPSA) is 15.3 Å². The Balaban J connectivity index is 1.91. The molecule has 3 unspecified atom stereocenters. The van der Waals surface area contributed by atoms with E-state index in [-0.39, 0.29) is 0 Å². The highest BCUT2D eigenvalue weighted by atomic mass is 15.2. The lowest BCUT2D eigenvalue weighted by Crippen LogP contribution is -2.46. The predicted octanol–water partition coefficient (Wildman–Crippen LogP) is 4.16. The first kappa shape index (κ1) is 17.3. The molecule has 0 amide bonds. The Morgan fingerprint density at radius 2 is 1.76 bits per heavy atom. The van der Waals surface area contributed by atoms with E-state index in [4.69, 9.17) is 0 Å². The van der Waals surface area contributed by atoms with Crippen LogP contribution < -0.4 is 5.32 Å². The summed E-state index contributed by atoms with van der Waals surface area (Å²) in [7, 11) is 2.17. The van der Waals surface area contributed by atoms with E-state index in [1.54, 1.807) is 0 Å². The molecule has 0 heterocycles. The highest BCUT2D eigenvalue weighted by Crippen LogP contribution is 2.36. The fraction of sp³-hybridized carbons (Fsp3) is 1.00. The van der Waals surface area contributed by atoms with Crippen molar-refractivity contribution in [3.63, 3.8) is 0 Å². The quantitative estimate of drug-likeness (QED) is 0.723. The number of nitrogens with zero attached hydrogens (tertiary/aromatic N) is 1. The molecule has 3 atom stereocenters. The van der Waals surface area contributed by atoms with Gasteiger partial charge >= 0.3 is 0 Å². The number of rotatable bonds is 8. The predicted molar refractivity (Wildman–Crippen MR) is 92.6 cm³/mol. The molecule has 21 heavy (non-hydrogen) atoms. The lowest BCUT2D eigenvalue weighted by molar-refractivity contribution is 0.118. The van der Waals surface area contributed by atoms with Crippen molar-refractivity contribution in [2.45, 2.75) is 78.3 Å². The molecule has 2 aliphatic carbocycles. The minimum Gasteiger partial charge on any atom is -0.317 e. The van der Waals surface area contributed by atoms with Crippen LogP contribution in [0.1, 0.15) is 66.2 Å². The van der Waals surface area contributed by atoms with Gasteiger partial charge in [0, 0.05) is 18.6 Å². The number of nitrogens with one attached hydrogen (secondary N) is 1. The maximum Gasteiger partial charge on any atom is 0.0105 e. The van der Waals surface area contributed by atoms with Crippen LogP contribution in [0.2, 0.25) is 0 Å². The second-order valence-electron chi connectivity index (χ2n) is 8.38. The molecule has 2 rings (SSSR count). The van der Waals surface area contributed by atoms with Crippen LogP contribution in [0.15, 0.2) is 0 Å². The maximum atomic E-state index is 3.62. The van der Waals surface area contributed by atoms with Crippen molar-refractivity contribution in [3.8, 4) is 0 Å². The number of hydrogen-bond donors (Lipinski definition) is 1. The van der Waals surface area contributed by atoms with E-state index in [1.165, 1.54) is 51.6 Å². The molecule has 2 nitrogen and oxygen atoms in total. The summed E-state index contributed by atoms with van der Waals surface area (Å²) in [5.74, 6) is 3.51. The number of hydrogen-bond acceptors (Lipinski definition) is 2. The van der Waals surface area contributed by atoms with Crippen molar-refractivity contribution < 1.29 is 0 Å². The Bertz CT molecular complexity index is 296. The lowest BCUT2D eigenvalue weighted by atomic mass is 9.73. The Morgan fingerprint density at radius 1 is 1.05 bits per heavy atom. The normalized spacial score (nSPS) is 30.6. The van der Waals surface area contributed by atoms with Gasteiger partial charge in [-0.15, -0.1) is 0 Å². The van der Waals surface area contributed by atoms with Gasteiger partial charge < -0.3 is 10.2 Å². The van der Waals surface area contributed by atoms with Gasteiger partial charge in [-0.2, -0.15) is 0 Å². The molecule has 2 aliphatic rings. The minimum atomic E-state index is 0.750. The summed E-state index contributed by atoms with van der Waals surface area (Å²) < 4.78 is 0. The molecular formula is C19H38N2. The SMILES string of the molecule is CNC1CCC(C(C)C)CC1CN(CCC(C)C)C1CC1. The van der Waals surface area contributed by atoms with E-state index in [0.29, 0.717) is 0 Å². The molecule has 2 saturated carbocycles. The van der Waals surface area contributed by atoms with Crippen LogP contribution in [-0.4, -0.2) is 37.1 Å². The van der Waals surface area contributed by atoms with Crippen LogP contribution in [0.25, 0.3) is 0 Å². The Hall–Kier alpha value is -0.0800. The van der Waals surface area contributed by atoms with Gasteiger partial charge in [0.1, 0.15) is 0 Å². The maximum absolute atomic E-state index is 3.62. The average molecular weight is 295 g/mol. The van der Waals surface area contributed by atoms with Crippen LogP contribution in [0.3, 0.4) is 0 Å². The van der Waals surface area contributed by atoms with Crippen molar-refractivity contribution in [3.05, 3.63) is 0 Å². The van der Waals surface area contributed by atoms with E-state index < -0.39 is 0 Å². The fourth-order valence-corrected chi connectivity index (χ4v) is 4.08. The molecule has 0 aromatic carbocycles. The highest BCUT2D eigenvalue weighted by molar-refractivity contribution is 4.91. The zero-order valence-corrected chi connectivity index (χ0v) is 15.1. The van der Waals surface area contributed by atoms with Crippen LogP contribution in [0.4, 0.5) is 0 Å². The molecule has 0 spiro atoms. The van der Waals surface area contributed by atoms with Gasteiger partial charge in [0.15, 0.2) is 0 Å². The highest BCUT2D eigenvalue weighted by Gasteiger charge is 2.35. The molecule has 0 saturated heterocycles. The summed E-state index contributed by atoms with van der Waals surface area (Å²) >= 11 is 0. The largest absolute Gasteiger partial charge is 0.317 e. The fourth-order valence-electron chi connectivity index (χ4n) is 4.08. The van der Waals surface area contributed by atoms with Gasteiger partial charge in [-0.05, 0) is 75.8 Å². The van der Waals surface area contributed by atoms with Crippen molar-refractivity contribution in [2.75, 3.05) is 20.1 Å². The first-order valence-corrected chi connectivity index (χ1v) is 9.42. The van der Waals surface area contributed by atoms with Crippen molar-refractivity contribution >= 4 is 0 Å². The van der Waals surface area contributed by atoms with Gasteiger partial charge in [0.05, 0.1) is 0 Å². The summed E-state index contributed by atoms with van der Waals surface area (Å²) in [5, 5.41) is 3.62. The van der Waals surface area contributed by atoms with Gasteiger partial charge in [-0.25, -0.2) is 0 Å². The molecule has 2 heteroatoms. The minimum absolute atomic E-state index is 0.750. The summed E-state index contributed by atoms with van der Waals surface area (Å²) in [6, 6.07) is 1.67. The van der Waals surface area contributed by atoms with Crippen molar-refractivity contribution in [1.29, 1.82) is 0 Å². The molecule has 124 valence electrons. The molecule has 0 aromatic rings. The van der Waals surface area contributed by atoms with Crippen LogP contribution in [-0.2, 0) is 0 Å². The molecule has 0 aromatic heterocycles. The third kappa shape index (κ3) is 5.25. The smallest absolute Gasteiger partial charge is 0.0105 e. The van der Waals surface area contributed by atoms with E-state index in [0.717, 1.165) is 35.8 Å². The van der Waals surface area contributed by atoms with Crippen molar-refractivity contribution in [2.24, 2.45) is 23.7 Å². The van der Waals surface area contributed by atoms with Gasteiger partial charge in [-0.3, -0.25) is 0 Å². The van der Waals surface area contributed by atoms with E-state index in [9.17, 15) is 0 Å². The molecule has 0 bridgehead atoms. The summed E-state index contributed by atoms with van der Waals surface area (Å²) in [4.78, 5) is 2.83. The third-order valence-corrected chi connectivity index (χ3v) is 5.86. The monoisotopic (exact) mass is 294 g/mol. The first-order chi connectivity index (χ1) is 10.0. The van der Waals surface area contributed by atoms with Crippen LogP contribution in [0.5, 0.6) is 0 Å². The summed E-state index contributed by atoms with van der Waals surface area (Å²) in [6.45, 7) is 12.2. The van der Waals surface area contributed by atoms with Gasteiger partial charge in [-0.1, -0.05) is 27.7 Å². The average Bonchev–Trinajstić information content (AvgIpc) is 3.27. The van der Waals surface area contributed by atoms with Gasteiger partial charge in [0.25, 0.3) is 0 Å². The van der Waals surface area contributed by atoms with Crippen LogP contribution in [0, 0.1) is 23.7 Å². The van der Waals surface area contributed by atoms with Crippen molar-refractivity contribution in [1.82, 2.24) is 10.2 Å². The molecule has 0 radical (unpaired) electrons. The summed E-state index contributed by atoms with van der Waals surface area (Å²) in [6.07, 6.45) is 8.50. The Kier molecular flexibility index (Phi) is 6.55. The molecule has 1 N–H and O–H groups in total. The summed E-state index contributed by atoms with van der Waals surface area (Å²) in [5.41, 5.74) is 0. The molecule has 2 fully saturated rings. The first-order valence-electron chi connectivity index (χ1n) is 9.42. The second-order valence-corrected chi connectivity index (χ2v) is 8.38.